The average molecular weight is 270 g/mol. The fourth-order valence-corrected chi connectivity index (χ4v) is 2.54. The van der Waals surface area contributed by atoms with E-state index in [2.05, 4.69) is 12.2 Å². The Labute approximate surface area is 115 Å². The van der Waals surface area contributed by atoms with Crippen molar-refractivity contribution < 1.29 is 14.3 Å². The molecule has 2 rings (SSSR count). The lowest BCUT2D eigenvalue weighted by Crippen LogP contribution is -2.62. The zero-order chi connectivity index (χ0) is 14.0. The van der Waals surface area contributed by atoms with Gasteiger partial charge in [0.05, 0.1) is 6.10 Å². The van der Waals surface area contributed by atoms with Crippen LogP contribution in [0.1, 0.15) is 40.5 Å². The molecule has 0 radical (unpaired) electrons. The first-order valence-corrected chi connectivity index (χ1v) is 7.19. The fraction of sp³-hybridized carbons (Fsp3) is 0.929. The van der Waals surface area contributed by atoms with Gasteiger partial charge < -0.3 is 19.7 Å². The largest absolute Gasteiger partial charge is 0.444 e. The average Bonchev–Trinajstić information content (AvgIpc) is 2.20. The van der Waals surface area contributed by atoms with E-state index in [-0.39, 0.29) is 6.09 Å². The van der Waals surface area contributed by atoms with E-state index >= 15 is 0 Å². The molecule has 1 N–H and O–H groups in total. The highest BCUT2D eigenvalue weighted by Gasteiger charge is 2.35. The first-order chi connectivity index (χ1) is 8.83. The van der Waals surface area contributed by atoms with Crippen molar-refractivity contribution in [3.63, 3.8) is 0 Å². The van der Waals surface area contributed by atoms with Gasteiger partial charge in [-0.25, -0.2) is 4.79 Å². The number of hydrogen-bond donors (Lipinski definition) is 1. The van der Waals surface area contributed by atoms with Crippen molar-refractivity contribution in [3.05, 3.63) is 0 Å². The Morgan fingerprint density at radius 3 is 2.58 bits per heavy atom. The van der Waals surface area contributed by atoms with Crippen molar-refractivity contribution in [1.82, 2.24) is 10.2 Å². The second kappa shape index (κ2) is 5.67. The second-order valence-corrected chi connectivity index (χ2v) is 6.65. The second-order valence-electron chi connectivity index (χ2n) is 6.65. The first-order valence-electron chi connectivity index (χ1n) is 7.19. The van der Waals surface area contributed by atoms with E-state index in [9.17, 15) is 4.79 Å². The first kappa shape index (κ1) is 14.6. The van der Waals surface area contributed by atoms with Crippen LogP contribution in [0.4, 0.5) is 4.79 Å². The molecule has 2 aliphatic heterocycles. The molecular weight excluding hydrogens is 244 g/mol. The van der Waals surface area contributed by atoms with Crippen molar-refractivity contribution in [1.29, 1.82) is 0 Å². The van der Waals surface area contributed by atoms with Crippen molar-refractivity contribution in [2.24, 2.45) is 0 Å². The summed E-state index contributed by atoms with van der Waals surface area (Å²) in [5, 5.41) is 3.60. The maximum Gasteiger partial charge on any atom is 0.410 e. The summed E-state index contributed by atoms with van der Waals surface area (Å²) in [5.41, 5.74) is -0.411. The number of hydrogen-bond acceptors (Lipinski definition) is 4. The predicted molar refractivity (Wildman–Crippen MR) is 73.2 cm³/mol. The molecule has 19 heavy (non-hydrogen) atoms. The minimum Gasteiger partial charge on any atom is -0.444 e. The van der Waals surface area contributed by atoms with Crippen molar-refractivity contribution in [2.45, 2.75) is 64.3 Å². The molecule has 2 saturated heterocycles. The Morgan fingerprint density at radius 2 is 2.00 bits per heavy atom. The molecule has 0 saturated carbocycles. The molecule has 2 aliphatic rings. The smallest absolute Gasteiger partial charge is 0.410 e. The van der Waals surface area contributed by atoms with Crippen LogP contribution < -0.4 is 5.32 Å². The quantitative estimate of drug-likeness (QED) is 0.831. The van der Waals surface area contributed by atoms with E-state index in [0.717, 1.165) is 32.5 Å². The minimum atomic E-state index is -0.411. The lowest BCUT2D eigenvalue weighted by atomic mass is 10.0. The predicted octanol–water partition coefficient (Wildman–Crippen LogP) is 1.76. The third kappa shape index (κ3) is 4.35. The van der Waals surface area contributed by atoms with E-state index in [1.54, 1.807) is 4.90 Å². The van der Waals surface area contributed by atoms with Gasteiger partial charge in [0.15, 0.2) is 0 Å². The van der Waals surface area contributed by atoms with E-state index in [4.69, 9.17) is 9.47 Å². The Balaban J connectivity index is 1.67. The van der Waals surface area contributed by atoms with Crippen LogP contribution in [0.3, 0.4) is 0 Å². The molecule has 2 unspecified atom stereocenters. The number of ether oxygens (including phenoxy) is 2. The van der Waals surface area contributed by atoms with Crippen LogP contribution in [-0.2, 0) is 9.47 Å². The molecule has 2 heterocycles. The highest BCUT2D eigenvalue weighted by Crippen LogP contribution is 2.18. The van der Waals surface area contributed by atoms with Gasteiger partial charge in [-0.1, -0.05) is 0 Å². The minimum absolute atomic E-state index is 0.203. The van der Waals surface area contributed by atoms with Crippen LogP contribution in [0.25, 0.3) is 0 Å². The number of amides is 1. The lowest BCUT2D eigenvalue weighted by molar-refractivity contribution is -0.00909. The molecule has 0 aliphatic carbocycles. The number of likely N-dealkylation sites (tertiary alicyclic amines) is 1. The van der Waals surface area contributed by atoms with Crippen LogP contribution in [0.2, 0.25) is 0 Å². The van der Waals surface area contributed by atoms with Gasteiger partial charge in [0, 0.05) is 31.8 Å². The van der Waals surface area contributed by atoms with Crippen molar-refractivity contribution in [3.8, 4) is 0 Å². The maximum atomic E-state index is 11.8. The van der Waals surface area contributed by atoms with E-state index in [1.165, 1.54) is 0 Å². The molecule has 0 spiro atoms. The normalized spacial score (nSPS) is 28.9. The summed E-state index contributed by atoms with van der Waals surface area (Å²) in [7, 11) is 0. The number of rotatable bonds is 2. The molecule has 110 valence electrons. The molecule has 5 nitrogen and oxygen atoms in total. The van der Waals surface area contributed by atoms with E-state index in [0.29, 0.717) is 18.2 Å². The van der Waals surface area contributed by atoms with Gasteiger partial charge in [-0.2, -0.15) is 0 Å². The van der Waals surface area contributed by atoms with Gasteiger partial charge in [0.1, 0.15) is 5.60 Å². The molecule has 0 bridgehead atoms. The van der Waals surface area contributed by atoms with Crippen LogP contribution in [-0.4, -0.2) is 54.5 Å². The summed E-state index contributed by atoms with van der Waals surface area (Å²) in [4.78, 5) is 13.5. The van der Waals surface area contributed by atoms with Crippen LogP contribution >= 0.6 is 0 Å². The SMILES string of the molecule is CC1CC(NC2CN(C(=O)OC(C)(C)C)C2)CCO1. The summed E-state index contributed by atoms with van der Waals surface area (Å²) >= 11 is 0. The molecule has 1 amide bonds. The van der Waals surface area contributed by atoms with Crippen LogP contribution in [0.5, 0.6) is 0 Å². The summed E-state index contributed by atoms with van der Waals surface area (Å²) in [6, 6.07) is 0.928. The van der Waals surface area contributed by atoms with Crippen LogP contribution in [0, 0.1) is 0 Å². The molecule has 5 heteroatoms. The Kier molecular flexibility index (Phi) is 4.36. The van der Waals surface area contributed by atoms with E-state index < -0.39 is 5.60 Å². The fourth-order valence-electron chi connectivity index (χ4n) is 2.54. The van der Waals surface area contributed by atoms with E-state index in [1.807, 2.05) is 20.8 Å². The van der Waals surface area contributed by atoms with Gasteiger partial charge in [-0.05, 0) is 40.5 Å². The zero-order valence-corrected chi connectivity index (χ0v) is 12.4. The maximum absolute atomic E-state index is 11.8. The Hall–Kier alpha value is -0.810. The van der Waals surface area contributed by atoms with Gasteiger partial charge in [-0.15, -0.1) is 0 Å². The summed E-state index contributed by atoms with van der Waals surface area (Å²) in [6.45, 7) is 10.1. The third-order valence-electron chi connectivity index (χ3n) is 3.49. The molecular formula is C14H26N2O3. The van der Waals surface area contributed by atoms with Crippen molar-refractivity contribution in [2.75, 3.05) is 19.7 Å². The summed E-state index contributed by atoms with van der Waals surface area (Å²) in [5.74, 6) is 0. The summed E-state index contributed by atoms with van der Waals surface area (Å²) < 4.78 is 10.9. The molecule has 0 aromatic carbocycles. The number of nitrogens with zero attached hydrogens (tertiary/aromatic N) is 1. The van der Waals surface area contributed by atoms with Gasteiger partial charge in [0.25, 0.3) is 0 Å². The van der Waals surface area contributed by atoms with Crippen molar-refractivity contribution >= 4 is 6.09 Å². The zero-order valence-electron chi connectivity index (χ0n) is 12.4. The lowest BCUT2D eigenvalue weighted by Gasteiger charge is -2.42. The van der Waals surface area contributed by atoms with Gasteiger partial charge in [-0.3, -0.25) is 0 Å². The van der Waals surface area contributed by atoms with Gasteiger partial charge in [0.2, 0.25) is 0 Å². The number of carbonyl (C=O) groups is 1. The van der Waals surface area contributed by atoms with Crippen LogP contribution in [0.15, 0.2) is 0 Å². The molecule has 2 fully saturated rings. The topological polar surface area (TPSA) is 50.8 Å². The monoisotopic (exact) mass is 270 g/mol. The van der Waals surface area contributed by atoms with Gasteiger partial charge >= 0.3 is 6.09 Å². The number of carbonyl (C=O) groups excluding carboxylic acids is 1. The highest BCUT2D eigenvalue weighted by molar-refractivity contribution is 5.69. The Morgan fingerprint density at radius 1 is 1.32 bits per heavy atom. The highest BCUT2D eigenvalue weighted by atomic mass is 16.6. The molecule has 0 aromatic heterocycles. The summed E-state index contributed by atoms with van der Waals surface area (Å²) in [6.07, 6.45) is 2.26. The standard InChI is InChI=1S/C14H26N2O3/c1-10-7-11(5-6-18-10)15-12-8-16(9-12)13(17)19-14(2,3)4/h10-12,15H,5-9H2,1-4H3. The Bertz CT molecular complexity index is 321. The number of nitrogens with one attached hydrogen (secondary N) is 1. The molecule has 0 aromatic rings. The molecule has 2 atom stereocenters. The third-order valence-corrected chi connectivity index (χ3v) is 3.49.